The summed E-state index contributed by atoms with van der Waals surface area (Å²) in [6.07, 6.45) is 4.16. The van der Waals surface area contributed by atoms with E-state index in [1.54, 1.807) is 0 Å². The van der Waals surface area contributed by atoms with Crippen molar-refractivity contribution in [3.8, 4) is 0 Å². The van der Waals surface area contributed by atoms with Crippen molar-refractivity contribution in [2.75, 3.05) is 0 Å². The van der Waals surface area contributed by atoms with Crippen LogP contribution in [0.1, 0.15) is 72.4 Å². The molecule has 1 N–H and O–H groups in total. The van der Waals surface area contributed by atoms with Gasteiger partial charge in [0.15, 0.2) is 8.32 Å². The lowest BCUT2D eigenvalue weighted by Crippen LogP contribution is -2.44. The maximum atomic E-state index is 9.68. The highest BCUT2D eigenvalue weighted by Crippen LogP contribution is 2.54. The number of halogens is 2. The van der Waals surface area contributed by atoms with E-state index in [9.17, 15) is 5.11 Å². The van der Waals surface area contributed by atoms with Gasteiger partial charge in [-0.2, -0.15) is 0 Å². The summed E-state index contributed by atoms with van der Waals surface area (Å²) in [7, 11) is -1.69. The Hall–Kier alpha value is -0.463. The van der Waals surface area contributed by atoms with E-state index in [1.807, 2.05) is 24.3 Å². The summed E-state index contributed by atoms with van der Waals surface area (Å²) in [6, 6.07) is 16.5. The quantitative estimate of drug-likeness (QED) is 0.370. The second-order valence-electron chi connectivity index (χ2n) is 9.90. The minimum absolute atomic E-state index is 0. The summed E-state index contributed by atoms with van der Waals surface area (Å²) in [6.45, 7) is 11.6. The van der Waals surface area contributed by atoms with Crippen molar-refractivity contribution in [2.45, 2.75) is 90.6 Å². The standard InChI is InChI=1S/C15H23BrOSi.C9H9BrO.2CH4/c1-14(2,3)18(4,5)17-15(10-11-15)12-6-8-13(16)9-7-12;10-8-3-1-7(2-4-8)9(11)5-6-9;;/h6-9H,10-11H2,1-5H3;1-4,11H,5-6H2;2*1H4. The number of benzene rings is 2. The highest BCUT2D eigenvalue weighted by molar-refractivity contribution is 9.10. The Kier molecular flexibility index (Phi) is 9.41. The first-order chi connectivity index (χ1) is 13.4. The second kappa shape index (κ2) is 10.2. The van der Waals surface area contributed by atoms with Crippen LogP contribution in [0.3, 0.4) is 0 Å². The number of hydrogen-bond donors (Lipinski definition) is 1. The van der Waals surface area contributed by atoms with Crippen LogP contribution >= 0.6 is 31.9 Å². The monoisotopic (exact) mass is 570 g/mol. The molecule has 31 heavy (non-hydrogen) atoms. The van der Waals surface area contributed by atoms with Gasteiger partial charge in [0.05, 0.1) is 11.2 Å². The largest absolute Gasteiger partial charge is 0.407 e. The zero-order valence-corrected chi connectivity index (χ0v) is 22.2. The van der Waals surface area contributed by atoms with Crippen molar-refractivity contribution in [3.05, 3.63) is 68.6 Å². The van der Waals surface area contributed by atoms with Crippen LogP contribution in [0.5, 0.6) is 0 Å². The average molecular weight is 572 g/mol. The molecule has 2 aliphatic carbocycles. The highest BCUT2D eigenvalue weighted by Gasteiger charge is 2.52. The SMILES string of the molecule is C.C.CC(C)(C)[Si](C)(C)OC1(c2ccc(Br)cc2)CC1.OC1(c2ccc(Br)cc2)CC1. The van der Waals surface area contributed by atoms with Gasteiger partial charge >= 0.3 is 0 Å². The van der Waals surface area contributed by atoms with E-state index in [2.05, 4.69) is 90.0 Å². The molecule has 0 atom stereocenters. The lowest BCUT2D eigenvalue weighted by Gasteiger charge is -2.39. The molecule has 2 aliphatic rings. The molecular formula is C26H40Br2O2Si. The lowest BCUT2D eigenvalue weighted by molar-refractivity contribution is 0.151. The molecule has 0 unspecified atom stereocenters. The van der Waals surface area contributed by atoms with Crippen LogP contribution in [0.15, 0.2) is 57.5 Å². The Labute approximate surface area is 208 Å². The minimum atomic E-state index is -1.69. The van der Waals surface area contributed by atoms with Crippen molar-refractivity contribution < 1.29 is 9.53 Å². The first kappa shape index (κ1) is 28.6. The molecule has 5 heteroatoms. The van der Waals surface area contributed by atoms with Crippen LogP contribution in [0.2, 0.25) is 18.1 Å². The van der Waals surface area contributed by atoms with Crippen LogP contribution in [-0.4, -0.2) is 13.4 Å². The van der Waals surface area contributed by atoms with Gasteiger partial charge in [0.1, 0.15) is 0 Å². The number of hydrogen-bond acceptors (Lipinski definition) is 2. The van der Waals surface area contributed by atoms with Gasteiger partial charge in [0.25, 0.3) is 0 Å². The molecule has 0 heterocycles. The Morgan fingerprint density at radius 3 is 1.48 bits per heavy atom. The smallest absolute Gasteiger partial charge is 0.193 e. The molecule has 0 aromatic heterocycles. The first-order valence-corrected chi connectivity index (χ1v) is 14.8. The highest BCUT2D eigenvalue weighted by atomic mass is 79.9. The normalized spacial score (nSPS) is 17.9. The summed E-state index contributed by atoms with van der Waals surface area (Å²) in [5, 5.41) is 9.95. The Balaban J connectivity index is 0.000000320. The van der Waals surface area contributed by atoms with Gasteiger partial charge in [0.2, 0.25) is 0 Å². The molecule has 0 radical (unpaired) electrons. The van der Waals surface area contributed by atoms with E-state index in [-0.39, 0.29) is 25.5 Å². The Bertz CT molecular complexity index is 831. The molecule has 2 saturated carbocycles. The fourth-order valence-electron chi connectivity index (χ4n) is 3.13. The molecule has 2 aromatic rings. The molecule has 0 saturated heterocycles. The third kappa shape index (κ3) is 7.01. The summed E-state index contributed by atoms with van der Waals surface area (Å²) < 4.78 is 8.84. The van der Waals surface area contributed by atoms with E-state index in [0.29, 0.717) is 0 Å². The van der Waals surface area contributed by atoms with Crippen molar-refractivity contribution in [1.29, 1.82) is 0 Å². The second-order valence-corrected chi connectivity index (χ2v) is 16.5. The molecular weight excluding hydrogens is 532 g/mol. The molecule has 0 aliphatic heterocycles. The predicted molar refractivity (Wildman–Crippen MR) is 144 cm³/mol. The third-order valence-electron chi connectivity index (χ3n) is 6.44. The van der Waals surface area contributed by atoms with E-state index < -0.39 is 13.9 Å². The fourth-order valence-corrected chi connectivity index (χ4v) is 5.26. The average Bonchev–Trinajstić information content (AvgIpc) is 3.55. The number of aliphatic hydroxyl groups is 1. The van der Waals surface area contributed by atoms with Gasteiger partial charge in [-0.3, -0.25) is 0 Å². The molecule has 0 bridgehead atoms. The minimum Gasteiger partial charge on any atom is -0.407 e. The molecule has 2 fully saturated rings. The first-order valence-electron chi connectivity index (χ1n) is 10.3. The van der Waals surface area contributed by atoms with Gasteiger partial charge < -0.3 is 9.53 Å². The molecule has 0 amide bonds. The van der Waals surface area contributed by atoms with E-state index in [1.165, 1.54) is 18.4 Å². The summed E-state index contributed by atoms with van der Waals surface area (Å²) in [5.41, 5.74) is 1.92. The van der Waals surface area contributed by atoms with Crippen molar-refractivity contribution in [3.63, 3.8) is 0 Å². The Morgan fingerprint density at radius 2 is 1.16 bits per heavy atom. The topological polar surface area (TPSA) is 29.5 Å². The zero-order valence-electron chi connectivity index (χ0n) is 18.1. The molecule has 2 aromatic carbocycles. The molecule has 2 nitrogen and oxygen atoms in total. The van der Waals surface area contributed by atoms with Crippen molar-refractivity contribution in [1.82, 2.24) is 0 Å². The van der Waals surface area contributed by atoms with Crippen LogP contribution < -0.4 is 0 Å². The van der Waals surface area contributed by atoms with Crippen molar-refractivity contribution >= 4 is 40.2 Å². The van der Waals surface area contributed by atoms with E-state index >= 15 is 0 Å². The van der Waals surface area contributed by atoms with Crippen molar-refractivity contribution in [2.24, 2.45) is 0 Å². The molecule has 0 spiro atoms. The van der Waals surface area contributed by atoms with Crippen LogP contribution in [0.25, 0.3) is 0 Å². The summed E-state index contributed by atoms with van der Waals surface area (Å²) in [5.74, 6) is 0. The van der Waals surface area contributed by atoms with Crippen LogP contribution in [0, 0.1) is 0 Å². The third-order valence-corrected chi connectivity index (χ3v) is 12.0. The predicted octanol–water partition coefficient (Wildman–Crippen LogP) is 9.16. The number of rotatable bonds is 4. The maximum Gasteiger partial charge on any atom is 0.193 e. The van der Waals surface area contributed by atoms with Gasteiger partial charge in [-0.15, -0.1) is 0 Å². The lowest BCUT2D eigenvalue weighted by atomic mass is 10.1. The molecule has 4 rings (SSSR count). The van der Waals surface area contributed by atoms with Gasteiger partial charge in [-0.1, -0.05) is 91.7 Å². The van der Waals surface area contributed by atoms with Crippen LogP contribution in [-0.2, 0) is 15.6 Å². The fraction of sp³-hybridized carbons (Fsp3) is 0.538. The molecule has 174 valence electrons. The van der Waals surface area contributed by atoms with Gasteiger partial charge in [-0.05, 0) is 79.2 Å². The maximum absolute atomic E-state index is 9.68. The summed E-state index contributed by atoms with van der Waals surface area (Å²) >= 11 is 6.84. The van der Waals surface area contributed by atoms with Gasteiger partial charge in [-0.25, -0.2) is 0 Å². The van der Waals surface area contributed by atoms with Gasteiger partial charge in [0, 0.05) is 8.95 Å². The van der Waals surface area contributed by atoms with E-state index in [4.69, 9.17) is 4.43 Å². The summed E-state index contributed by atoms with van der Waals surface area (Å²) in [4.78, 5) is 0. The van der Waals surface area contributed by atoms with Crippen LogP contribution in [0.4, 0.5) is 0 Å². The van der Waals surface area contributed by atoms with E-state index in [0.717, 1.165) is 27.4 Å². The zero-order chi connectivity index (χ0) is 21.5. The Morgan fingerprint density at radius 1 is 0.774 bits per heavy atom.